The van der Waals surface area contributed by atoms with Crippen LogP contribution in [-0.4, -0.2) is 70.3 Å². The van der Waals surface area contributed by atoms with E-state index in [9.17, 15) is 20.1 Å². The number of carbonyl (C=O) groups excluding carboxylic acids is 1. The maximum atomic E-state index is 10.9. The maximum Gasteiger partial charge on any atom is 0.322 e. The molecule has 1 unspecified atom stereocenters. The molecule has 1 rings (SSSR count). The van der Waals surface area contributed by atoms with Crippen LogP contribution in [0.3, 0.4) is 0 Å². The van der Waals surface area contributed by atoms with E-state index in [1.807, 2.05) is 0 Å². The highest BCUT2D eigenvalue weighted by atomic mass is 16.7. The van der Waals surface area contributed by atoms with E-state index in [-0.39, 0.29) is 0 Å². The highest BCUT2D eigenvalue weighted by Gasteiger charge is 2.45. The average Bonchev–Trinajstić information content (AvgIpc) is 2.29. The molecule has 0 radical (unpaired) electrons. The van der Waals surface area contributed by atoms with E-state index >= 15 is 0 Å². The van der Waals surface area contributed by atoms with Crippen molar-refractivity contribution in [3.8, 4) is 0 Å². The number of hydrogen-bond acceptors (Lipinski definition) is 8. The lowest BCUT2D eigenvalue weighted by Crippen LogP contribution is -2.59. The van der Waals surface area contributed by atoms with Crippen LogP contribution >= 0.6 is 0 Å². The number of rotatable bonds is 3. The van der Waals surface area contributed by atoms with Gasteiger partial charge in [0, 0.05) is 0 Å². The van der Waals surface area contributed by atoms with E-state index in [1.54, 1.807) is 0 Å². The van der Waals surface area contributed by atoms with Crippen LogP contribution in [0.4, 0.5) is 0 Å². The van der Waals surface area contributed by atoms with E-state index in [2.05, 4.69) is 4.74 Å². The Bertz CT molecular complexity index is 247. The Kier molecular flexibility index (Phi) is 4.59. The molecule has 94 valence electrons. The standard InChI is InChI=1S/C8H15NO7/c9-1-4(11)16-8-7(14)6(13)5(12)3(2-10)15-8/h3,5-8,10,12-14H,1-2,9H2/t3-,5-,6+,7-,8?/m1/s1. The summed E-state index contributed by atoms with van der Waals surface area (Å²) in [6, 6.07) is 0. The summed E-state index contributed by atoms with van der Waals surface area (Å²) in [5, 5.41) is 37.0. The van der Waals surface area contributed by atoms with Crippen molar-refractivity contribution in [2.75, 3.05) is 13.2 Å². The lowest BCUT2D eigenvalue weighted by Gasteiger charge is -2.39. The van der Waals surface area contributed by atoms with Gasteiger partial charge in [0.2, 0.25) is 6.29 Å². The first-order valence-electron chi connectivity index (χ1n) is 4.71. The van der Waals surface area contributed by atoms with Gasteiger partial charge in [-0.3, -0.25) is 4.79 Å². The molecule has 8 heteroatoms. The van der Waals surface area contributed by atoms with Gasteiger partial charge in [-0.05, 0) is 0 Å². The van der Waals surface area contributed by atoms with Crippen molar-refractivity contribution in [2.24, 2.45) is 5.73 Å². The van der Waals surface area contributed by atoms with Crippen LogP contribution in [0.15, 0.2) is 0 Å². The Hall–Kier alpha value is -0.770. The molecular formula is C8H15NO7. The van der Waals surface area contributed by atoms with Crippen LogP contribution in [0.5, 0.6) is 0 Å². The minimum absolute atomic E-state index is 0.408. The molecule has 1 aliphatic heterocycles. The van der Waals surface area contributed by atoms with Crippen LogP contribution in [0.1, 0.15) is 0 Å². The molecule has 0 bridgehead atoms. The number of esters is 1. The van der Waals surface area contributed by atoms with Crippen molar-refractivity contribution in [2.45, 2.75) is 30.7 Å². The van der Waals surface area contributed by atoms with Gasteiger partial charge in [-0.15, -0.1) is 0 Å². The topological polar surface area (TPSA) is 142 Å². The molecule has 0 spiro atoms. The van der Waals surface area contributed by atoms with E-state index < -0.39 is 49.8 Å². The Morgan fingerprint density at radius 2 is 1.88 bits per heavy atom. The van der Waals surface area contributed by atoms with Crippen molar-refractivity contribution in [1.29, 1.82) is 0 Å². The normalized spacial score (nSPS) is 39.4. The molecule has 5 atom stereocenters. The first-order valence-corrected chi connectivity index (χ1v) is 4.71. The summed E-state index contributed by atoms with van der Waals surface area (Å²) < 4.78 is 9.48. The Labute approximate surface area is 91.2 Å². The molecule has 0 aromatic heterocycles. The number of nitrogens with two attached hydrogens (primary N) is 1. The monoisotopic (exact) mass is 237 g/mol. The van der Waals surface area contributed by atoms with Gasteiger partial charge >= 0.3 is 5.97 Å². The largest absolute Gasteiger partial charge is 0.432 e. The third kappa shape index (κ3) is 2.67. The van der Waals surface area contributed by atoms with Crippen LogP contribution < -0.4 is 5.73 Å². The van der Waals surface area contributed by atoms with Gasteiger partial charge in [-0.25, -0.2) is 0 Å². The van der Waals surface area contributed by atoms with Crippen LogP contribution in [0, 0.1) is 0 Å². The van der Waals surface area contributed by atoms with Crippen molar-refractivity contribution in [1.82, 2.24) is 0 Å². The summed E-state index contributed by atoms with van der Waals surface area (Å²) in [4.78, 5) is 10.9. The SMILES string of the molecule is NCC(=O)OC1O[C@H](CO)[C@@H](O)[C@H](O)[C@H]1O. The molecule has 16 heavy (non-hydrogen) atoms. The van der Waals surface area contributed by atoms with Gasteiger partial charge in [0.25, 0.3) is 0 Å². The third-order valence-corrected chi connectivity index (χ3v) is 2.26. The maximum absolute atomic E-state index is 10.9. The predicted molar refractivity (Wildman–Crippen MR) is 48.9 cm³/mol. The second kappa shape index (κ2) is 5.53. The fraction of sp³-hybridized carbons (Fsp3) is 0.875. The molecule has 1 aliphatic rings. The molecule has 0 aromatic carbocycles. The van der Waals surface area contributed by atoms with Crippen LogP contribution in [0.25, 0.3) is 0 Å². The Morgan fingerprint density at radius 3 is 2.38 bits per heavy atom. The van der Waals surface area contributed by atoms with E-state index in [0.717, 1.165) is 0 Å². The van der Waals surface area contributed by atoms with Gasteiger partial charge in [0.15, 0.2) is 0 Å². The van der Waals surface area contributed by atoms with Gasteiger partial charge in [-0.1, -0.05) is 0 Å². The zero-order valence-corrected chi connectivity index (χ0v) is 8.39. The lowest BCUT2D eigenvalue weighted by atomic mass is 9.99. The third-order valence-electron chi connectivity index (χ3n) is 2.26. The summed E-state index contributed by atoms with van der Waals surface area (Å²) in [7, 11) is 0. The van der Waals surface area contributed by atoms with Crippen molar-refractivity contribution in [3.63, 3.8) is 0 Å². The van der Waals surface area contributed by atoms with Gasteiger partial charge < -0.3 is 35.6 Å². The zero-order valence-electron chi connectivity index (χ0n) is 8.39. The molecule has 1 heterocycles. The van der Waals surface area contributed by atoms with Crippen molar-refractivity contribution in [3.05, 3.63) is 0 Å². The van der Waals surface area contributed by atoms with Gasteiger partial charge in [0.1, 0.15) is 24.4 Å². The number of carbonyl (C=O) groups is 1. The predicted octanol–water partition coefficient (Wildman–Crippen LogP) is -3.71. The van der Waals surface area contributed by atoms with Crippen molar-refractivity contribution >= 4 is 5.97 Å². The summed E-state index contributed by atoms with van der Waals surface area (Å²) in [6.45, 7) is -0.989. The lowest BCUT2D eigenvalue weighted by molar-refractivity contribution is -0.292. The number of aliphatic hydroxyl groups is 4. The van der Waals surface area contributed by atoms with Gasteiger partial charge in [-0.2, -0.15) is 0 Å². The minimum atomic E-state index is -1.59. The number of ether oxygens (including phenoxy) is 2. The summed E-state index contributed by atoms with van der Waals surface area (Å²) in [5.41, 5.74) is 4.99. The second-order valence-corrected chi connectivity index (χ2v) is 3.39. The first kappa shape index (κ1) is 13.3. The molecule has 0 saturated carbocycles. The molecule has 8 nitrogen and oxygen atoms in total. The number of aliphatic hydroxyl groups excluding tert-OH is 4. The smallest absolute Gasteiger partial charge is 0.322 e. The molecule has 0 aromatic rings. The molecule has 0 aliphatic carbocycles. The molecule has 6 N–H and O–H groups in total. The molecule has 0 amide bonds. The summed E-state index contributed by atoms with van der Waals surface area (Å²) in [6.07, 6.45) is -7.19. The second-order valence-electron chi connectivity index (χ2n) is 3.39. The number of hydrogen-bond donors (Lipinski definition) is 5. The highest BCUT2D eigenvalue weighted by Crippen LogP contribution is 2.21. The van der Waals surface area contributed by atoms with E-state index in [1.165, 1.54) is 0 Å². The first-order chi connectivity index (χ1) is 7.51. The Balaban J connectivity index is 2.67. The summed E-state index contributed by atoms with van der Waals surface area (Å²) >= 11 is 0. The highest BCUT2D eigenvalue weighted by molar-refractivity contribution is 5.71. The van der Waals surface area contributed by atoms with E-state index in [0.29, 0.717) is 0 Å². The Morgan fingerprint density at radius 1 is 1.25 bits per heavy atom. The molecule has 1 saturated heterocycles. The fourth-order valence-electron chi connectivity index (χ4n) is 1.34. The van der Waals surface area contributed by atoms with Crippen LogP contribution in [-0.2, 0) is 14.3 Å². The van der Waals surface area contributed by atoms with Crippen LogP contribution in [0.2, 0.25) is 0 Å². The summed E-state index contributed by atoms with van der Waals surface area (Å²) in [5.74, 6) is -0.829. The average molecular weight is 237 g/mol. The quantitative estimate of drug-likeness (QED) is 0.315. The molecule has 1 fully saturated rings. The van der Waals surface area contributed by atoms with Gasteiger partial charge in [0.05, 0.1) is 13.2 Å². The zero-order chi connectivity index (χ0) is 12.3. The van der Waals surface area contributed by atoms with E-state index in [4.69, 9.17) is 15.6 Å². The van der Waals surface area contributed by atoms with Crippen molar-refractivity contribution < 1.29 is 34.7 Å². The fourth-order valence-corrected chi connectivity index (χ4v) is 1.34. The molecular weight excluding hydrogens is 222 g/mol. The minimum Gasteiger partial charge on any atom is -0.432 e.